The average molecular weight is 589 g/mol. The number of ether oxygens (including phenoxy) is 1. The number of carbonyl (C=O) groups excluding carboxylic acids is 1. The van der Waals surface area contributed by atoms with Gasteiger partial charge in [0.05, 0.1) is 17.0 Å². The highest BCUT2D eigenvalue weighted by atomic mass is 35.5. The lowest BCUT2D eigenvalue weighted by atomic mass is 9.82. The molecule has 0 saturated heterocycles. The van der Waals surface area contributed by atoms with Crippen LogP contribution in [0.25, 0.3) is 11.0 Å². The number of benzene rings is 1. The van der Waals surface area contributed by atoms with Gasteiger partial charge < -0.3 is 14.1 Å². The summed E-state index contributed by atoms with van der Waals surface area (Å²) in [6.07, 6.45) is 3.22. The predicted octanol–water partition coefficient (Wildman–Crippen LogP) is 7.61. The number of aromatic nitrogens is 2. The molecule has 0 radical (unpaired) electrons. The van der Waals surface area contributed by atoms with Crippen molar-refractivity contribution in [2.24, 2.45) is 5.41 Å². The molecule has 3 aromatic rings. The lowest BCUT2D eigenvalue weighted by Crippen LogP contribution is -2.40. The van der Waals surface area contributed by atoms with Crippen molar-refractivity contribution in [3.63, 3.8) is 0 Å². The van der Waals surface area contributed by atoms with Crippen molar-refractivity contribution < 1.29 is 18.7 Å². The predicted molar refractivity (Wildman–Crippen MR) is 162 cm³/mol. The lowest BCUT2D eigenvalue weighted by Gasteiger charge is -2.39. The number of carbonyl (C=O) groups is 1. The van der Waals surface area contributed by atoms with E-state index in [1.54, 1.807) is 31.3 Å². The SMILES string of the molecule is CCOC(=O)c1cn([C@H](CCC(C)(C)[Si](C)(C)O)C(C)(C)C)c2nc(C)c(Cc3cccc(Cl)c3F)cc2c1=O. The van der Waals surface area contributed by atoms with Gasteiger partial charge in [-0.3, -0.25) is 4.79 Å². The van der Waals surface area contributed by atoms with Crippen molar-refractivity contribution in [1.29, 1.82) is 0 Å². The number of pyridine rings is 2. The van der Waals surface area contributed by atoms with Crippen LogP contribution in [-0.4, -0.2) is 35.2 Å². The zero-order chi connectivity index (χ0) is 30.2. The molecule has 0 saturated carbocycles. The summed E-state index contributed by atoms with van der Waals surface area (Å²) < 4.78 is 21.9. The van der Waals surface area contributed by atoms with Crippen molar-refractivity contribution in [3.05, 3.63) is 73.9 Å². The number of fused-ring (bicyclic) bond motifs is 1. The van der Waals surface area contributed by atoms with Crippen molar-refractivity contribution in [2.75, 3.05) is 6.61 Å². The molecule has 0 aliphatic rings. The molecule has 0 spiro atoms. The second-order valence-electron chi connectivity index (χ2n) is 12.9. The summed E-state index contributed by atoms with van der Waals surface area (Å²) in [5.41, 5.74) is 1.37. The van der Waals surface area contributed by atoms with Gasteiger partial charge in [0.1, 0.15) is 17.0 Å². The third-order valence-corrected chi connectivity index (χ3v) is 12.1. The Morgan fingerprint density at radius 3 is 2.42 bits per heavy atom. The number of halogens is 2. The summed E-state index contributed by atoms with van der Waals surface area (Å²) in [6, 6.07) is 6.39. The molecule has 218 valence electrons. The van der Waals surface area contributed by atoms with Gasteiger partial charge >= 0.3 is 5.97 Å². The summed E-state index contributed by atoms with van der Waals surface area (Å²) >= 11 is 6.00. The zero-order valence-corrected chi connectivity index (χ0v) is 26.9. The van der Waals surface area contributed by atoms with Crippen molar-refractivity contribution in [1.82, 2.24) is 9.55 Å². The van der Waals surface area contributed by atoms with Crippen LogP contribution in [0.5, 0.6) is 0 Å². The minimum Gasteiger partial charge on any atom is -0.462 e. The standard InChI is InChI=1S/C31H42ClFN2O4Si/c1-10-39-29(37)23-18-35(25(30(3,4)5)14-15-31(6,7)40(8,9)38)28-22(27(23)36)17-21(19(2)34-28)16-20-12-11-13-24(32)26(20)33/h11-13,17-18,25,38H,10,14-16H2,1-9H3/t25-/m1/s1. The first kappa shape index (κ1) is 32.0. The second-order valence-corrected chi connectivity index (χ2v) is 17.7. The Hall–Kier alpha value is -2.55. The molecule has 0 fully saturated rings. The maximum atomic E-state index is 14.7. The van der Waals surface area contributed by atoms with Gasteiger partial charge in [0.15, 0.2) is 8.32 Å². The highest BCUT2D eigenvalue weighted by Gasteiger charge is 2.39. The minimum atomic E-state index is -2.47. The average Bonchev–Trinajstić information content (AvgIpc) is 2.82. The molecule has 0 unspecified atom stereocenters. The topological polar surface area (TPSA) is 81.4 Å². The van der Waals surface area contributed by atoms with Gasteiger partial charge in [-0.2, -0.15) is 0 Å². The monoisotopic (exact) mass is 588 g/mol. The van der Waals surface area contributed by atoms with Gasteiger partial charge in [0.25, 0.3) is 0 Å². The minimum absolute atomic E-state index is 0.0286. The van der Waals surface area contributed by atoms with Crippen molar-refractivity contribution in [3.8, 4) is 0 Å². The molecule has 1 N–H and O–H groups in total. The maximum Gasteiger partial charge on any atom is 0.343 e. The Balaban J connectivity index is 2.27. The summed E-state index contributed by atoms with van der Waals surface area (Å²) in [7, 11) is -2.47. The Kier molecular flexibility index (Phi) is 9.39. The van der Waals surface area contributed by atoms with Crippen LogP contribution >= 0.6 is 11.6 Å². The Morgan fingerprint density at radius 1 is 1.20 bits per heavy atom. The third kappa shape index (κ3) is 6.66. The number of aryl methyl sites for hydroxylation is 1. The molecule has 9 heteroatoms. The largest absolute Gasteiger partial charge is 0.462 e. The van der Waals surface area contributed by atoms with Crippen LogP contribution in [0.1, 0.15) is 87.6 Å². The fourth-order valence-electron chi connectivity index (χ4n) is 4.86. The molecule has 2 aromatic heterocycles. The van der Waals surface area contributed by atoms with Crippen LogP contribution in [0.15, 0.2) is 35.3 Å². The molecule has 6 nitrogen and oxygen atoms in total. The first-order valence-electron chi connectivity index (χ1n) is 13.8. The molecule has 3 rings (SSSR count). The Labute approximate surface area is 242 Å². The van der Waals surface area contributed by atoms with E-state index in [1.807, 2.05) is 24.6 Å². The van der Waals surface area contributed by atoms with E-state index in [9.17, 15) is 18.8 Å². The normalized spacial score (nSPS) is 13.5. The molecule has 0 aliphatic carbocycles. The number of hydrogen-bond acceptors (Lipinski definition) is 5. The van der Waals surface area contributed by atoms with Crippen LogP contribution in [0.4, 0.5) is 4.39 Å². The number of rotatable bonds is 9. The number of hydrogen-bond donors (Lipinski definition) is 1. The van der Waals surface area contributed by atoms with Gasteiger partial charge in [0.2, 0.25) is 5.43 Å². The molecule has 1 aromatic carbocycles. The van der Waals surface area contributed by atoms with E-state index < -0.39 is 25.5 Å². The molecular weight excluding hydrogens is 547 g/mol. The van der Waals surface area contributed by atoms with E-state index in [-0.39, 0.29) is 45.5 Å². The molecule has 0 bridgehead atoms. The first-order valence-corrected chi connectivity index (χ1v) is 17.1. The van der Waals surface area contributed by atoms with Crippen LogP contribution < -0.4 is 5.43 Å². The van der Waals surface area contributed by atoms with E-state index in [0.717, 1.165) is 6.42 Å². The van der Waals surface area contributed by atoms with Crippen molar-refractivity contribution >= 4 is 36.9 Å². The Bertz CT molecular complexity index is 1470. The van der Waals surface area contributed by atoms with Crippen LogP contribution in [0.3, 0.4) is 0 Å². The second kappa shape index (κ2) is 11.7. The lowest BCUT2D eigenvalue weighted by molar-refractivity contribution is 0.0523. The van der Waals surface area contributed by atoms with Crippen LogP contribution in [0, 0.1) is 18.2 Å². The fourth-order valence-corrected chi connectivity index (χ4v) is 5.81. The highest BCUT2D eigenvalue weighted by Crippen LogP contribution is 2.45. The summed E-state index contributed by atoms with van der Waals surface area (Å²) in [5.74, 6) is -1.20. The van der Waals surface area contributed by atoms with E-state index in [4.69, 9.17) is 21.3 Å². The van der Waals surface area contributed by atoms with E-state index >= 15 is 0 Å². The summed E-state index contributed by atoms with van der Waals surface area (Å²) in [5, 5.41) is 0.0484. The maximum absolute atomic E-state index is 14.7. The zero-order valence-electron chi connectivity index (χ0n) is 25.1. The number of nitrogens with zero attached hydrogens (tertiary/aromatic N) is 2. The third-order valence-electron chi connectivity index (χ3n) is 8.24. The van der Waals surface area contributed by atoms with Crippen LogP contribution in [0.2, 0.25) is 23.2 Å². The van der Waals surface area contributed by atoms with E-state index in [0.29, 0.717) is 28.9 Å². The fraction of sp³-hybridized carbons (Fsp3) is 0.516. The molecule has 2 heterocycles. The first-order chi connectivity index (χ1) is 18.4. The van der Waals surface area contributed by atoms with Gasteiger partial charge in [-0.25, -0.2) is 14.2 Å². The Morgan fingerprint density at radius 2 is 1.85 bits per heavy atom. The molecule has 0 amide bonds. The summed E-state index contributed by atoms with van der Waals surface area (Å²) in [6.45, 7) is 18.1. The summed E-state index contributed by atoms with van der Waals surface area (Å²) in [4.78, 5) is 42.4. The molecule has 0 aliphatic heterocycles. The van der Waals surface area contributed by atoms with Gasteiger partial charge in [0, 0.05) is 24.4 Å². The van der Waals surface area contributed by atoms with Gasteiger partial charge in [-0.05, 0) is 73.5 Å². The van der Waals surface area contributed by atoms with E-state index in [2.05, 4.69) is 34.6 Å². The highest BCUT2D eigenvalue weighted by molar-refractivity contribution is 6.72. The van der Waals surface area contributed by atoms with Gasteiger partial charge in [-0.1, -0.05) is 58.4 Å². The van der Waals surface area contributed by atoms with Crippen molar-refractivity contribution in [2.45, 2.75) is 91.9 Å². The molecule has 40 heavy (non-hydrogen) atoms. The molecular formula is C31H42ClFN2O4Si. The van der Waals surface area contributed by atoms with Crippen LogP contribution in [-0.2, 0) is 11.2 Å². The number of esters is 1. The smallest absolute Gasteiger partial charge is 0.343 e. The van der Waals surface area contributed by atoms with E-state index in [1.165, 1.54) is 6.07 Å². The quantitative estimate of drug-likeness (QED) is 0.205. The molecule has 1 atom stereocenters. The van der Waals surface area contributed by atoms with Gasteiger partial charge in [-0.15, -0.1) is 0 Å².